The van der Waals surface area contributed by atoms with Gasteiger partial charge in [0.15, 0.2) is 0 Å². The Kier molecular flexibility index (Phi) is 3.87. The van der Waals surface area contributed by atoms with Crippen LogP contribution < -0.4 is 4.87 Å². The molecule has 0 N–H and O–H groups in total. The maximum Gasteiger partial charge on any atom is 0.307 e. The zero-order valence-corrected chi connectivity index (χ0v) is 14.8. The third kappa shape index (κ3) is 2.67. The molecule has 1 heterocycles. The quantitative estimate of drug-likeness (QED) is 0.850. The van der Waals surface area contributed by atoms with Gasteiger partial charge < -0.3 is 9.47 Å². The predicted molar refractivity (Wildman–Crippen MR) is 91.5 cm³/mol. The molecular formula is C18H26N2O2S. The Balaban J connectivity index is 1.42. The van der Waals surface area contributed by atoms with Crippen molar-refractivity contribution >= 4 is 17.2 Å². The van der Waals surface area contributed by atoms with Crippen LogP contribution in [0.1, 0.15) is 44.2 Å². The van der Waals surface area contributed by atoms with Crippen molar-refractivity contribution in [2.75, 3.05) is 7.05 Å². The molecule has 1 amide bonds. The van der Waals surface area contributed by atoms with E-state index in [1.54, 1.807) is 4.57 Å². The number of hydrogen-bond donors (Lipinski definition) is 0. The molecule has 1 aromatic heterocycles. The van der Waals surface area contributed by atoms with Crippen molar-refractivity contribution in [3.8, 4) is 0 Å². The minimum absolute atomic E-state index is 0.0487. The van der Waals surface area contributed by atoms with E-state index in [9.17, 15) is 9.59 Å². The molecule has 0 unspecified atom stereocenters. The van der Waals surface area contributed by atoms with Crippen molar-refractivity contribution in [3.63, 3.8) is 0 Å². The highest BCUT2D eigenvalue weighted by Crippen LogP contribution is 2.54. The fraction of sp³-hybridized carbons (Fsp3) is 0.778. The van der Waals surface area contributed by atoms with E-state index in [0.29, 0.717) is 19.0 Å². The summed E-state index contributed by atoms with van der Waals surface area (Å²) in [5.74, 6) is 3.53. The molecule has 4 aliphatic carbocycles. The summed E-state index contributed by atoms with van der Waals surface area (Å²) >= 11 is 1.22. The van der Waals surface area contributed by atoms with Crippen LogP contribution in [0.25, 0.3) is 0 Å². The lowest BCUT2D eigenvalue weighted by Crippen LogP contribution is -2.56. The van der Waals surface area contributed by atoms with Crippen LogP contribution >= 0.6 is 11.3 Å². The van der Waals surface area contributed by atoms with Crippen LogP contribution in [-0.4, -0.2) is 28.5 Å². The van der Waals surface area contributed by atoms with Crippen molar-refractivity contribution in [2.45, 2.75) is 58.0 Å². The Morgan fingerprint density at radius 2 is 1.83 bits per heavy atom. The van der Waals surface area contributed by atoms with Crippen LogP contribution in [-0.2, 0) is 11.3 Å². The lowest BCUT2D eigenvalue weighted by atomic mass is 9.54. The van der Waals surface area contributed by atoms with Gasteiger partial charge in [-0.2, -0.15) is 0 Å². The molecule has 0 aromatic carbocycles. The van der Waals surface area contributed by atoms with E-state index in [1.165, 1.54) is 43.4 Å². The van der Waals surface area contributed by atoms with E-state index in [4.69, 9.17) is 0 Å². The van der Waals surface area contributed by atoms with Crippen LogP contribution in [0.4, 0.5) is 0 Å². The van der Waals surface area contributed by atoms with Crippen molar-refractivity contribution < 1.29 is 4.79 Å². The third-order valence-corrected chi connectivity index (χ3v) is 7.42. The average Bonchev–Trinajstić information content (AvgIpc) is 2.82. The van der Waals surface area contributed by atoms with Crippen LogP contribution in [0.5, 0.6) is 0 Å². The highest BCUT2D eigenvalue weighted by molar-refractivity contribution is 7.07. The Morgan fingerprint density at radius 1 is 1.22 bits per heavy atom. The van der Waals surface area contributed by atoms with Gasteiger partial charge in [-0.3, -0.25) is 9.59 Å². The second-order valence-corrected chi connectivity index (χ2v) is 8.79. The smallest absolute Gasteiger partial charge is 0.307 e. The van der Waals surface area contributed by atoms with Crippen molar-refractivity contribution in [1.29, 1.82) is 0 Å². The molecule has 4 aliphatic rings. The molecule has 5 heteroatoms. The summed E-state index contributed by atoms with van der Waals surface area (Å²) in [6, 6.07) is 0.454. The summed E-state index contributed by atoms with van der Waals surface area (Å²) < 4.78 is 1.73. The second kappa shape index (κ2) is 5.76. The molecule has 4 bridgehead atoms. The van der Waals surface area contributed by atoms with E-state index < -0.39 is 0 Å². The summed E-state index contributed by atoms with van der Waals surface area (Å²) in [5, 5.41) is 1.87. The normalized spacial score (nSPS) is 34.8. The third-order valence-electron chi connectivity index (χ3n) is 6.54. The van der Waals surface area contributed by atoms with E-state index in [2.05, 4.69) is 0 Å². The number of rotatable bonds is 4. The molecule has 0 aliphatic heterocycles. The average molecular weight is 334 g/mol. The predicted octanol–water partition coefficient (Wildman–Crippen LogP) is 2.89. The fourth-order valence-electron chi connectivity index (χ4n) is 5.75. The first kappa shape index (κ1) is 15.4. The van der Waals surface area contributed by atoms with Gasteiger partial charge in [0.05, 0.1) is 0 Å². The zero-order valence-electron chi connectivity index (χ0n) is 14.0. The SMILES string of the molecule is Cc1csc(=O)n1CCC(=O)N(C)C1C2CC3CC(C2)CC1C3. The van der Waals surface area contributed by atoms with Gasteiger partial charge in [-0.1, -0.05) is 11.3 Å². The molecule has 23 heavy (non-hydrogen) atoms. The first-order chi connectivity index (χ1) is 11.0. The van der Waals surface area contributed by atoms with E-state index in [1.807, 2.05) is 24.3 Å². The largest absolute Gasteiger partial charge is 0.342 e. The monoisotopic (exact) mass is 334 g/mol. The molecular weight excluding hydrogens is 308 g/mol. The number of aryl methyl sites for hydroxylation is 1. The van der Waals surface area contributed by atoms with Crippen LogP contribution in [0.15, 0.2) is 10.2 Å². The van der Waals surface area contributed by atoms with Gasteiger partial charge in [-0.25, -0.2) is 0 Å². The highest BCUT2D eigenvalue weighted by Gasteiger charge is 2.50. The molecule has 4 saturated carbocycles. The number of carbonyl (C=O) groups excluding carboxylic acids is 1. The second-order valence-electron chi connectivity index (χ2n) is 7.97. The lowest BCUT2D eigenvalue weighted by Gasteiger charge is -2.56. The molecule has 0 saturated heterocycles. The Bertz CT molecular complexity index is 634. The van der Waals surface area contributed by atoms with Crippen LogP contribution in [0.2, 0.25) is 0 Å². The number of hydrogen-bond acceptors (Lipinski definition) is 3. The number of amides is 1. The number of nitrogens with zero attached hydrogens (tertiary/aromatic N) is 2. The van der Waals surface area contributed by atoms with Gasteiger partial charge >= 0.3 is 4.87 Å². The fourth-order valence-corrected chi connectivity index (χ4v) is 6.51. The highest BCUT2D eigenvalue weighted by atomic mass is 32.1. The maximum absolute atomic E-state index is 12.7. The zero-order chi connectivity index (χ0) is 16.1. The molecule has 0 radical (unpaired) electrons. The van der Waals surface area contributed by atoms with Crippen LogP contribution in [0, 0.1) is 30.6 Å². The Labute approximate surface area is 141 Å². The summed E-state index contributed by atoms with van der Waals surface area (Å²) in [6.07, 6.45) is 7.21. The lowest BCUT2D eigenvalue weighted by molar-refractivity contribution is -0.141. The molecule has 4 nitrogen and oxygen atoms in total. The van der Waals surface area contributed by atoms with Gasteiger partial charge in [-0.05, 0) is 62.7 Å². The minimum Gasteiger partial charge on any atom is -0.342 e. The summed E-state index contributed by atoms with van der Waals surface area (Å²) in [6.45, 7) is 2.45. The van der Waals surface area contributed by atoms with Crippen molar-refractivity contribution in [2.24, 2.45) is 23.7 Å². The minimum atomic E-state index is 0.0487. The van der Waals surface area contributed by atoms with E-state index in [0.717, 1.165) is 29.4 Å². The summed E-state index contributed by atoms with van der Waals surface area (Å²) in [4.78, 5) is 26.6. The topological polar surface area (TPSA) is 42.3 Å². The first-order valence-electron chi connectivity index (χ1n) is 8.93. The molecule has 0 atom stereocenters. The van der Waals surface area contributed by atoms with E-state index in [-0.39, 0.29) is 10.8 Å². The Hall–Kier alpha value is -1.10. The van der Waals surface area contributed by atoms with Crippen molar-refractivity contribution in [3.05, 3.63) is 20.7 Å². The standard InChI is InChI=1S/C18H26N2O2S/c1-11-10-23-18(22)20(11)4-3-16(21)19(2)17-14-6-12-5-13(8-14)9-15(17)7-12/h10,12-15,17H,3-9H2,1-2H3. The number of thiazole rings is 1. The molecule has 0 spiro atoms. The number of aromatic nitrogens is 1. The van der Waals surface area contributed by atoms with Gasteiger partial charge in [0.25, 0.3) is 0 Å². The molecule has 4 fully saturated rings. The molecule has 5 rings (SSSR count). The summed E-state index contributed by atoms with van der Waals surface area (Å²) in [7, 11) is 2.00. The van der Waals surface area contributed by atoms with Gasteiger partial charge in [-0.15, -0.1) is 0 Å². The van der Waals surface area contributed by atoms with Gasteiger partial charge in [0.1, 0.15) is 0 Å². The van der Waals surface area contributed by atoms with E-state index >= 15 is 0 Å². The molecule has 126 valence electrons. The summed E-state index contributed by atoms with van der Waals surface area (Å²) in [5.41, 5.74) is 0.963. The van der Waals surface area contributed by atoms with Crippen LogP contribution in [0.3, 0.4) is 0 Å². The first-order valence-corrected chi connectivity index (χ1v) is 9.81. The Morgan fingerprint density at radius 3 is 2.35 bits per heavy atom. The van der Waals surface area contributed by atoms with Gasteiger partial charge in [0, 0.05) is 37.1 Å². The molecule has 1 aromatic rings. The van der Waals surface area contributed by atoms with Gasteiger partial charge in [0.2, 0.25) is 5.91 Å². The van der Waals surface area contributed by atoms with Crippen molar-refractivity contribution in [1.82, 2.24) is 9.47 Å². The number of carbonyl (C=O) groups is 1. The maximum atomic E-state index is 12.7.